The first-order valence-electron chi connectivity index (χ1n) is 9.80. The lowest BCUT2D eigenvalue weighted by atomic mass is 10.0. The number of hydrogen-bond donors (Lipinski definition) is 2. The number of anilines is 1. The highest BCUT2D eigenvalue weighted by Gasteiger charge is 2.17. The molecule has 156 valence electrons. The summed E-state index contributed by atoms with van der Waals surface area (Å²) in [7, 11) is -3.74. The molecule has 3 aromatic rings. The van der Waals surface area contributed by atoms with Crippen LogP contribution in [0.2, 0.25) is 0 Å². The molecule has 0 fully saturated rings. The first-order valence-corrected chi connectivity index (χ1v) is 11.3. The lowest BCUT2D eigenvalue weighted by molar-refractivity contribution is 0.0951. The number of benzene rings is 3. The molecule has 1 amide bonds. The third-order valence-corrected chi connectivity index (χ3v) is 6.59. The molecule has 30 heavy (non-hydrogen) atoms. The van der Waals surface area contributed by atoms with E-state index in [1.54, 1.807) is 6.07 Å². The smallest absolute Gasteiger partial charge is 0.261 e. The Balaban J connectivity index is 1.66. The molecule has 0 spiro atoms. The highest BCUT2D eigenvalue weighted by molar-refractivity contribution is 7.92. The minimum atomic E-state index is -3.74. The summed E-state index contributed by atoms with van der Waals surface area (Å²) in [4.78, 5) is 12.5. The van der Waals surface area contributed by atoms with Crippen LogP contribution in [0.5, 0.6) is 0 Å². The summed E-state index contributed by atoms with van der Waals surface area (Å²) in [6, 6.07) is 21.4. The minimum absolute atomic E-state index is 0.109. The van der Waals surface area contributed by atoms with Crippen molar-refractivity contribution in [3.63, 3.8) is 0 Å². The van der Waals surface area contributed by atoms with Crippen molar-refractivity contribution in [1.82, 2.24) is 5.32 Å². The topological polar surface area (TPSA) is 75.3 Å². The maximum atomic E-state index is 12.7. The maximum absolute atomic E-state index is 12.7. The van der Waals surface area contributed by atoms with Gasteiger partial charge in [-0.05, 0) is 66.8 Å². The number of hydrogen-bond acceptors (Lipinski definition) is 3. The maximum Gasteiger partial charge on any atom is 0.261 e. The number of nitrogens with one attached hydrogen (secondary N) is 2. The second-order valence-electron chi connectivity index (χ2n) is 7.40. The Morgan fingerprint density at radius 1 is 0.900 bits per heavy atom. The molecule has 0 bridgehead atoms. The Morgan fingerprint density at radius 2 is 1.57 bits per heavy atom. The summed E-state index contributed by atoms with van der Waals surface area (Å²) in [5.74, 6) is -0.0548. The number of sulfonamides is 1. The molecule has 0 saturated heterocycles. The summed E-state index contributed by atoms with van der Waals surface area (Å²) in [5.41, 5.74) is 4.00. The molecule has 3 rings (SSSR count). The molecule has 0 aliphatic carbocycles. The van der Waals surface area contributed by atoms with E-state index in [-0.39, 0.29) is 16.7 Å². The number of carbonyl (C=O) groups excluding carboxylic acids is 1. The molecular weight excluding hydrogens is 396 g/mol. The molecule has 5 nitrogen and oxygen atoms in total. The number of carbonyl (C=O) groups is 1. The van der Waals surface area contributed by atoms with Crippen molar-refractivity contribution in [3.8, 4) is 0 Å². The quantitative estimate of drug-likeness (QED) is 0.583. The van der Waals surface area contributed by atoms with E-state index in [9.17, 15) is 13.2 Å². The molecule has 0 aliphatic rings. The van der Waals surface area contributed by atoms with Crippen LogP contribution >= 0.6 is 0 Å². The first kappa shape index (κ1) is 21.6. The monoisotopic (exact) mass is 422 g/mol. The van der Waals surface area contributed by atoms with Gasteiger partial charge in [0.1, 0.15) is 0 Å². The first-order chi connectivity index (χ1) is 14.3. The normalized spacial score (nSPS) is 12.2. The van der Waals surface area contributed by atoms with Crippen molar-refractivity contribution in [2.45, 2.75) is 31.6 Å². The van der Waals surface area contributed by atoms with Crippen molar-refractivity contribution in [3.05, 3.63) is 95.1 Å². The van der Waals surface area contributed by atoms with E-state index in [2.05, 4.69) is 10.0 Å². The van der Waals surface area contributed by atoms with Crippen LogP contribution in [0.1, 0.15) is 39.9 Å². The Bertz CT molecular complexity index is 1120. The Hall–Kier alpha value is -3.12. The van der Waals surface area contributed by atoms with Crippen LogP contribution in [0, 0.1) is 13.8 Å². The fourth-order valence-corrected chi connectivity index (χ4v) is 4.22. The Labute approximate surface area is 178 Å². The van der Waals surface area contributed by atoms with Crippen LogP contribution in [-0.4, -0.2) is 20.9 Å². The Morgan fingerprint density at radius 3 is 2.23 bits per heavy atom. The van der Waals surface area contributed by atoms with E-state index in [0.29, 0.717) is 17.8 Å². The lowest BCUT2D eigenvalue weighted by Gasteiger charge is -2.14. The van der Waals surface area contributed by atoms with Gasteiger partial charge in [-0.1, -0.05) is 49.4 Å². The summed E-state index contributed by atoms with van der Waals surface area (Å²) in [6.45, 7) is 6.34. The molecular formula is C24H26N2O3S. The van der Waals surface area contributed by atoms with Crippen LogP contribution in [-0.2, 0) is 10.0 Å². The van der Waals surface area contributed by atoms with Crippen LogP contribution in [0.4, 0.5) is 5.69 Å². The third-order valence-electron chi connectivity index (χ3n) is 5.21. The van der Waals surface area contributed by atoms with Gasteiger partial charge in [0, 0.05) is 12.1 Å². The predicted octanol–water partition coefficient (Wildman–Crippen LogP) is 4.64. The van der Waals surface area contributed by atoms with Crippen molar-refractivity contribution in [2.75, 3.05) is 11.3 Å². The SMILES string of the molecule is Cc1cccc(NS(=O)(=O)c2ccc(C(=O)NC[C@H](C)c3ccccc3)cc2)c1C. The molecule has 0 heterocycles. The van der Waals surface area contributed by atoms with E-state index in [1.165, 1.54) is 24.3 Å². The van der Waals surface area contributed by atoms with Crippen molar-refractivity contribution >= 4 is 21.6 Å². The zero-order valence-corrected chi connectivity index (χ0v) is 18.2. The average Bonchev–Trinajstić information content (AvgIpc) is 2.75. The van der Waals surface area contributed by atoms with E-state index in [1.807, 2.05) is 63.2 Å². The zero-order chi connectivity index (χ0) is 21.7. The molecule has 6 heteroatoms. The standard InChI is InChI=1S/C24H26N2O3S/c1-17-8-7-11-23(19(17)3)26-30(28,29)22-14-12-21(13-15-22)24(27)25-16-18(2)20-9-5-4-6-10-20/h4-15,18,26H,16H2,1-3H3,(H,25,27)/t18-/m0/s1. The second-order valence-corrected chi connectivity index (χ2v) is 9.08. The van der Waals surface area contributed by atoms with Crippen molar-refractivity contribution < 1.29 is 13.2 Å². The highest BCUT2D eigenvalue weighted by Crippen LogP contribution is 2.22. The van der Waals surface area contributed by atoms with Crippen LogP contribution in [0.3, 0.4) is 0 Å². The van der Waals surface area contributed by atoms with Gasteiger partial charge in [-0.25, -0.2) is 8.42 Å². The fourth-order valence-electron chi connectivity index (χ4n) is 3.10. The van der Waals surface area contributed by atoms with Gasteiger partial charge in [0.05, 0.1) is 10.6 Å². The van der Waals surface area contributed by atoms with Gasteiger partial charge < -0.3 is 5.32 Å². The van der Waals surface area contributed by atoms with Gasteiger partial charge in [0.15, 0.2) is 0 Å². The molecule has 3 aromatic carbocycles. The predicted molar refractivity (Wildman–Crippen MR) is 120 cm³/mol. The van der Waals surface area contributed by atoms with E-state index >= 15 is 0 Å². The lowest BCUT2D eigenvalue weighted by Crippen LogP contribution is -2.27. The molecule has 0 saturated carbocycles. The summed E-state index contributed by atoms with van der Waals surface area (Å²) in [5, 5.41) is 2.90. The second kappa shape index (κ2) is 9.13. The zero-order valence-electron chi connectivity index (χ0n) is 17.3. The third kappa shape index (κ3) is 5.07. The number of rotatable bonds is 7. The van der Waals surface area contributed by atoms with Crippen molar-refractivity contribution in [2.24, 2.45) is 0 Å². The molecule has 0 unspecified atom stereocenters. The summed E-state index contributed by atoms with van der Waals surface area (Å²) < 4.78 is 28.0. The molecule has 2 N–H and O–H groups in total. The van der Waals surface area contributed by atoms with E-state index in [0.717, 1.165) is 16.7 Å². The van der Waals surface area contributed by atoms with Crippen molar-refractivity contribution in [1.29, 1.82) is 0 Å². The van der Waals surface area contributed by atoms with Crippen LogP contribution < -0.4 is 10.0 Å². The number of aryl methyl sites for hydroxylation is 1. The van der Waals surface area contributed by atoms with Gasteiger partial charge in [-0.15, -0.1) is 0 Å². The van der Waals surface area contributed by atoms with Gasteiger partial charge in [-0.2, -0.15) is 0 Å². The van der Waals surface area contributed by atoms with E-state index in [4.69, 9.17) is 0 Å². The summed E-state index contributed by atoms with van der Waals surface area (Å²) >= 11 is 0. The van der Waals surface area contributed by atoms with Gasteiger partial charge in [0.2, 0.25) is 0 Å². The molecule has 1 atom stereocenters. The molecule has 0 radical (unpaired) electrons. The van der Waals surface area contributed by atoms with Crippen LogP contribution in [0.25, 0.3) is 0 Å². The minimum Gasteiger partial charge on any atom is -0.351 e. The Kier molecular flexibility index (Phi) is 6.57. The molecule has 0 aromatic heterocycles. The highest BCUT2D eigenvalue weighted by atomic mass is 32.2. The number of amides is 1. The summed E-state index contributed by atoms with van der Waals surface area (Å²) in [6.07, 6.45) is 0. The van der Waals surface area contributed by atoms with Gasteiger partial charge in [-0.3, -0.25) is 9.52 Å². The van der Waals surface area contributed by atoms with Crippen LogP contribution in [0.15, 0.2) is 77.7 Å². The van der Waals surface area contributed by atoms with Gasteiger partial charge in [0.25, 0.3) is 15.9 Å². The average molecular weight is 423 g/mol. The largest absolute Gasteiger partial charge is 0.351 e. The van der Waals surface area contributed by atoms with E-state index < -0.39 is 10.0 Å². The molecule has 0 aliphatic heterocycles. The van der Waals surface area contributed by atoms with Gasteiger partial charge >= 0.3 is 0 Å². The fraction of sp³-hybridized carbons (Fsp3) is 0.208.